The molecule has 0 bridgehead atoms. The second-order valence-corrected chi connectivity index (χ2v) is 5.55. The van der Waals surface area contributed by atoms with Gasteiger partial charge in [-0.2, -0.15) is 0 Å². The van der Waals surface area contributed by atoms with E-state index in [2.05, 4.69) is 5.16 Å². The predicted molar refractivity (Wildman–Crippen MR) is 79.8 cm³/mol. The Hall–Kier alpha value is -2.30. The highest BCUT2D eigenvalue weighted by atomic mass is 16.5. The maximum Gasteiger partial charge on any atom is 0.254 e. The van der Waals surface area contributed by atoms with Crippen molar-refractivity contribution in [3.8, 4) is 0 Å². The van der Waals surface area contributed by atoms with Gasteiger partial charge in [-0.1, -0.05) is 11.2 Å². The predicted octanol–water partition coefficient (Wildman–Crippen LogP) is 2.85. The fraction of sp³-hybridized carbons (Fsp3) is 0.375. The van der Waals surface area contributed by atoms with Gasteiger partial charge in [-0.15, -0.1) is 0 Å². The molecule has 1 aromatic heterocycles. The van der Waals surface area contributed by atoms with E-state index in [9.17, 15) is 4.79 Å². The fourth-order valence-corrected chi connectivity index (χ4v) is 2.89. The van der Waals surface area contributed by atoms with Gasteiger partial charge in [0.1, 0.15) is 0 Å². The summed E-state index contributed by atoms with van der Waals surface area (Å²) in [6.45, 7) is 4.50. The number of anilines is 1. The van der Waals surface area contributed by atoms with Crippen LogP contribution in [0.5, 0.6) is 0 Å². The summed E-state index contributed by atoms with van der Waals surface area (Å²) in [6, 6.07) is 7.34. The summed E-state index contributed by atoms with van der Waals surface area (Å²) in [4.78, 5) is 14.7. The maximum absolute atomic E-state index is 12.8. The van der Waals surface area contributed by atoms with E-state index in [0.29, 0.717) is 11.3 Å². The molecule has 3 rings (SSSR count). The summed E-state index contributed by atoms with van der Waals surface area (Å²) in [6.07, 6.45) is 1.87. The van der Waals surface area contributed by atoms with Crippen molar-refractivity contribution in [3.05, 3.63) is 46.8 Å². The zero-order valence-electron chi connectivity index (χ0n) is 12.3. The molecule has 21 heavy (non-hydrogen) atoms. The van der Waals surface area contributed by atoms with E-state index in [1.54, 1.807) is 0 Å². The van der Waals surface area contributed by atoms with Crippen LogP contribution in [0, 0.1) is 13.8 Å². The Kier molecular flexibility index (Phi) is 3.41. The lowest BCUT2D eigenvalue weighted by Crippen LogP contribution is -2.31. The third kappa shape index (κ3) is 2.39. The number of nitrogens with two attached hydrogens (primary N) is 1. The highest BCUT2D eigenvalue weighted by Crippen LogP contribution is 2.34. The Bertz CT molecular complexity index is 678. The summed E-state index contributed by atoms with van der Waals surface area (Å²) >= 11 is 0. The summed E-state index contributed by atoms with van der Waals surface area (Å²) in [5.74, 6) is 0.774. The minimum absolute atomic E-state index is 0.0105. The first-order valence-corrected chi connectivity index (χ1v) is 7.17. The average Bonchev–Trinajstić information content (AvgIpc) is 3.09. The first-order valence-electron chi connectivity index (χ1n) is 7.17. The SMILES string of the molecule is Cc1cc(C2CCCN2C(=O)c2cccc(N)c2C)on1. The van der Waals surface area contributed by atoms with Gasteiger partial charge >= 0.3 is 0 Å². The van der Waals surface area contributed by atoms with E-state index in [0.717, 1.165) is 36.4 Å². The number of carbonyl (C=O) groups is 1. The van der Waals surface area contributed by atoms with Crippen molar-refractivity contribution in [2.45, 2.75) is 32.7 Å². The van der Waals surface area contributed by atoms with Gasteiger partial charge in [-0.3, -0.25) is 4.79 Å². The van der Waals surface area contributed by atoms with Crippen LogP contribution in [0.15, 0.2) is 28.8 Å². The number of benzene rings is 1. The Morgan fingerprint density at radius 2 is 2.24 bits per heavy atom. The van der Waals surface area contributed by atoms with E-state index < -0.39 is 0 Å². The highest BCUT2D eigenvalue weighted by Gasteiger charge is 2.33. The van der Waals surface area contributed by atoms with Gasteiger partial charge in [0.05, 0.1) is 11.7 Å². The number of hydrogen-bond donors (Lipinski definition) is 1. The second kappa shape index (κ2) is 5.24. The number of nitrogen functional groups attached to an aromatic ring is 1. The lowest BCUT2D eigenvalue weighted by atomic mass is 10.0. The molecule has 1 aromatic carbocycles. The van der Waals surface area contributed by atoms with E-state index in [1.807, 2.05) is 43.0 Å². The number of rotatable bonds is 2. The summed E-state index contributed by atoms with van der Waals surface area (Å²) in [5.41, 5.74) is 8.89. The van der Waals surface area contributed by atoms with Gasteiger partial charge < -0.3 is 15.2 Å². The number of amides is 1. The fourth-order valence-electron chi connectivity index (χ4n) is 2.89. The number of likely N-dealkylation sites (tertiary alicyclic amines) is 1. The van der Waals surface area contributed by atoms with Gasteiger partial charge in [0, 0.05) is 23.9 Å². The molecule has 2 aromatic rings. The molecule has 1 aliphatic rings. The Morgan fingerprint density at radius 3 is 2.95 bits per heavy atom. The van der Waals surface area contributed by atoms with Crippen molar-refractivity contribution in [1.82, 2.24) is 10.1 Å². The molecule has 110 valence electrons. The smallest absolute Gasteiger partial charge is 0.254 e. The van der Waals surface area contributed by atoms with Crippen LogP contribution in [0.2, 0.25) is 0 Å². The van der Waals surface area contributed by atoms with E-state index >= 15 is 0 Å². The normalized spacial score (nSPS) is 18.2. The molecule has 5 nitrogen and oxygen atoms in total. The van der Waals surface area contributed by atoms with Crippen LogP contribution >= 0.6 is 0 Å². The summed E-state index contributed by atoms with van der Waals surface area (Å²) in [5, 5.41) is 3.93. The molecule has 1 aliphatic heterocycles. The van der Waals surface area contributed by atoms with Crippen molar-refractivity contribution >= 4 is 11.6 Å². The van der Waals surface area contributed by atoms with Crippen LogP contribution in [0.25, 0.3) is 0 Å². The third-order valence-corrected chi connectivity index (χ3v) is 4.09. The first kappa shape index (κ1) is 13.7. The standard InChI is InChI=1S/C16H19N3O2/c1-10-9-15(21-18-10)14-7-4-8-19(14)16(20)12-5-3-6-13(17)11(12)2/h3,5-6,9,14H,4,7-8,17H2,1-2H3. The molecule has 0 aliphatic carbocycles. The molecule has 5 heteroatoms. The Morgan fingerprint density at radius 1 is 1.43 bits per heavy atom. The minimum Gasteiger partial charge on any atom is -0.398 e. The molecule has 1 fully saturated rings. The maximum atomic E-state index is 12.8. The van der Waals surface area contributed by atoms with Gasteiger partial charge in [0.2, 0.25) is 0 Å². The van der Waals surface area contributed by atoms with Crippen LogP contribution < -0.4 is 5.73 Å². The van der Waals surface area contributed by atoms with Crippen molar-refractivity contribution in [1.29, 1.82) is 0 Å². The molecule has 1 atom stereocenters. The minimum atomic E-state index is -0.0282. The molecular formula is C16H19N3O2. The summed E-state index contributed by atoms with van der Waals surface area (Å²) < 4.78 is 5.35. The molecule has 1 amide bonds. The first-order chi connectivity index (χ1) is 10.1. The van der Waals surface area contributed by atoms with Crippen LogP contribution in [-0.4, -0.2) is 22.5 Å². The van der Waals surface area contributed by atoms with Crippen molar-refractivity contribution in [2.24, 2.45) is 0 Å². The molecule has 2 N–H and O–H groups in total. The quantitative estimate of drug-likeness (QED) is 0.861. The lowest BCUT2D eigenvalue weighted by molar-refractivity contribution is 0.0714. The average molecular weight is 285 g/mol. The molecule has 2 heterocycles. The zero-order valence-corrected chi connectivity index (χ0v) is 12.3. The number of aryl methyl sites for hydroxylation is 1. The molecule has 0 saturated carbocycles. The van der Waals surface area contributed by atoms with Crippen LogP contribution in [0.1, 0.15) is 46.3 Å². The number of carbonyl (C=O) groups excluding carboxylic acids is 1. The van der Waals surface area contributed by atoms with Crippen molar-refractivity contribution in [3.63, 3.8) is 0 Å². The zero-order chi connectivity index (χ0) is 15.0. The monoisotopic (exact) mass is 285 g/mol. The topological polar surface area (TPSA) is 72.4 Å². The van der Waals surface area contributed by atoms with Crippen molar-refractivity contribution in [2.75, 3.05) is 12.3 Å². The second-order valence-electron chi connectivity index (χ2n) is 5.55. The van der Waals surface area contributed by atoms with Crippen LogP contribution in [0.3, 0.4) is 0 Å². The number of hydrogen-bond acceptors (Lipinski definition) is 4. The molecule has 1 unspecified atom stereocenters. The van der Waals surface area contributed by atoms with Crippen LogP contribution in [0.4, 0.5) is 5.69 Å². The molecule has 1 saturated heterocycles. The van der Waals surface area contributed by atoms with E-state index in [-0.39, 0.29) is 11.9 Å². The highest BCUT2D eigenvalue weighted by molar-refractivity contribution is 5.97. The lowest BCUT2D eigenvalue weighted by Gasteiger charge is -2.23. The largest absolute Gasteiger partial charge is 0.398 e. The van der Waals surface area contributed by atoms with Gasteiger partial charge in [0.25, 0.3) is 5.91 Å². The van der Waals surface area contributed by atoms with Crippen LogP contribution in [-0.2, 0) is 0 Å². The summed E-state index contributed by atoms with van der Waals surface area (Å²) in [7, 11) is 0. The van der Waals surface area contributed by atoms with Gasteiger partial charge in [0.15, 0.2) is 5.76 Å². The number of nitrogens with zero attached hydrogens (tertiary/aromatic N) is 2. The number of aromatic nitrogens is 1. The van der Waals surface area contributed by atoms with Crippen molar-refractivity contribution < 1.29 is 9.32 Å². The third-order valence-electron chi connectivity index (χ3n) is 4.09. The molecule has 0 spiro atoms. The van der Waals surface area contributed by atoms with E-state index in [4.69, 9.17) is 10.3 Å². The molecular weight excluding hydrogens is 266 g/mol. The van der Waals surface area contributed by atoms with Gasteiger partial charge in [-0.05, 0) is 44.4 Å². The van der Waals surface area contributed by atoms with Gasteiger partial charge in [-0.25, -0.2) is 0 Å². The van der Waals surface area contributed by atoms with E-state index in [1.165, 1.54) is 0 Å². The Labute approximate surface area is 123 Å². The Balaban J connectivity index is 1.91. The molecule has 0 radical (unpaired) electrons.